The number of benzene rings is 2. The molecule has 3 aromatic rings. The Balaban J connectivity index is 1.80. The van der Waals surface area contributed by atoms with E-state index in [4.69, 9.17) is 21.1 Å². The van der Waals surface area contributed by atoms with Crippen LogP contribution in [0.15, 0.2) is 54.9 Å². The lowest BCUT2D eigenvalue weighted by molar-refractivity contribution is -0.117. The second kappa shape index (κ2) is 11.0. The first-order chi connectivity index (χ1) is 15.8. The number of amides is 1. The SMILES string of the molecule is COc1cc(/C=C/C(=O)NC(c2ccc(F)cc2)c2nccn2C)cc(Cl)c1OCC(C)C. The van der Waals surface area contributed by atoms with Crippen molar-refractivity contribution in [2.45, 2.75) is 19.9 Å². The summed E-state index contributed by atoms with van der Waals surface area (Å²) >= 11 is 6.39. The van der Waals surface area contributed by atoms with Crippen molar-refractivity contribution < 1.29 is 18.7 Å². The van der Waals surface area contributed by atoms with Crippen molar-refractivity contribution >= 4 is 23.6 Å². The minimum atomic E-state index is -0.548. The lowest BCUT2D eigenvalue weighted by Crippen LogP contribution is -2.29. The molecule has 1 unspecified atom stereocenters. The Bertz CT molecular complexity index is 1130. The van der Waals surface area contributed by atoms with E-state index in [0.717, 1.165) is 0 Å². The highest BCUT2D eigenvalue weighted by Crippen LogP contribution is 2.37. The van der Waals surface area contributed by atoms with Gasteiger partial charge in [-0.25, -0.2) is 9.37 Å². The van der Waals surface area contributed by atoms with E-state index in [-0.39, 0.29) is 11.7 Å². The van der Waals surface area contributed by atoms with Crippen molar-refractivity contribution in [2.24, 2.45) is 13.0 Å². The number of hydrogen-bond donors (Lipinski definition) is 1. The Morgan fingerprint density at radius 3 is 2.61 bits per heavy atom. The molecule has 0 fully saturated rings. The average molecular weight is 472 g/mol. The third kappa shape index (κ3) is 6.35. The van der Waals surface area contributed by atoms with Crippen LogP contribution in [-0.2, 0) is 11.8 Å². The van der Waals surface area contributed by atoms with Crippen LogP contribution in [0.3, 0.4) is 0 Å². The number of nitrogens with one attached hydrogen (secondary N) is 1. The smallest absolute Gasteiger partial charge is 0.244 e. The first kappa shape index (κ1) is 24.3. The van der Waals surface area contributed by atoms with Gasteiger partial charge >= 0.3 is 0 Å². The van der Waals surface area contributed by atoms with Gasteiger partial charge in [-0.3, -0.25) is 4.79 Å². The third-order valence-corrected chi connectivity index (χ3v) is 5.13. The van der Waals surface area contributed by atoms with Gasteiger partial charge in [0.1, 0.15) is 17.7 Å². The van der Waals surface area contributed by atoms with Crippen LogP contribution in [0.5, 0.6) is 11.5 Å². The first-order valence-corrected chi connectivity index (χ1v) is 10.9. The molecule has 2 aromatic carbocycles. The molecule has 1 N–H and O–H groups in total. The Kier molecular flexibility index (Phi) is 8.11. The molecule has 0 saturated heterocycles. The summed E-state index contributed by atoms with van der Waals surface area (Å²) in [6.45, 7) is 4.59. The molecule has 0 aliphatic carbocycles. The van der Waals surface area contributed by atoms with Gasteiger partial charge in [0.05, 0.1) is 18.7 Å². The van der Waals surface area contributed by atoms with E-state index < -0.39 is 6.04 Å². The molecule has 0 bridgehead atoms. The highest BCUT2D eigenvalue weighted by atomic mass is 35.5. The average Bonchev–Trinajstić information content (AvgIpc) is 3.21. The molecule has 0 radical (unpaired) electrons. The van der Waals surface area contributed by atoms with Crippen molar-refractivity contribution in [2.75, 3.05) is 13.7 Å². The van der Waals surface area contributed by atoms with E-state index in [9.17, 15) is 9.18 Å². The van der Waals surface area contributed by atoms with Crippen molar-refractivity contribution in [3.8, 4) is 11.5 Å². The zero-order valence-electron chi connectivity index (χ0n) is 19.0. The number of ether oxygens (including phenoxy) is 2. The van der Waals surface area contributed by atoms with E-state index in [1.54, 1.807) is 47.3 Å². The number of rotatable bonds is 9. The molecule has 1 atom stereocenters. The molecule has 33 heavy (non-hydrogen) atoms. The number of aromatic nitrogens is 2. The van der Waals surface area contributed by atoms with Crippen LogP contribution in [0.4, 0.5) is 4.39 Å². The standard InChI is InChI=1S/C25H27ClFN3O3/c1-16(2)15-33-24-20(26)13-17(14-21(24)32-4)5-10-22(31)29-23(25-28-11-12-30(25)3)18-6-8-19(27)9-7-18/h5-14,16,23H,15H2,1-4H3,(H,29,31)/b10-5+. The summed E-state index contributed by atoms with van der Waals surface area (Å²) in [5.74, 6) is 1.22. The highest BCUT2D eigenvalue weighted by molar-refractivity contribution is 6.32. The number of carbonyl (C=O) groups is 1. The maximum absolute atomic E-state index is 13.4. The number of aryl methyl sites for hydroxylation is 1. The fraction of sp³-hybridized carbons (Fsp3) is 0.280. The second-order valence-corrected chi connectivity index (χ2v) is 8.37. The minimum Gasteiger partial charge on any atom is -0.493 e. The van der Waals surface area contributed by atoms with E-state index in [0.29, 0.717) is 46.0 Å². The maximum Gasteiger partial charge on any atom is 0.244 e. The van der Waals surface area contributed by atoms with E-state index >= 15 is 0 Å². The normalized spacial score (nSPS) is 12.2. The van der Waals surface area contributed by atoms with Gasteiger partial charge in [0.15, 0.2) is 11.5 Å². The highest BCUT2D eigenvalue weighted by Gasteiger charge is 2.20. The van der Waals surface area contributed by atoms with Crippen LogP contribution < -0.4 is 14.8 Å². The summed E-state index contributed by atoms with van der Waals surface area (Å²) in [6, 6.07) is 8.86. The fourth-order valence-electron chi connectivity index (χ4n) is 3.20. The van der Waals surface area contributed by atoms with Gasteiger partial charge in [-0.2, -0.15) is 0 Å². The predicted molar refractivity (Wildman–Crippen MR) is 127 cm³/mol. The van der Waals surface area contributed by atoms with E-state index in [1.165, 1.54) is 25.3 Å². The Morgan fingerprint density at radius 1 is 1.27 bits per heavy atom. The van der Waals surface area contributed by atoms with Gasteiger partial charge in [0.25, 0.3) is 0 Å². The van der Waals surface area contributed by atoms with Crippen LogP contribution in [0, 0.1) is 11.7 Å². The second-order valence-electron chi connectivity index (χ2n) is 7.96. The monoisotopic (exact) mass is 471 g/mol. The maximum atomic E-state index is 13.4. The van der Waals surface area contributed by atoms with Gasteiger partial charge in [-0.05, 0) is 47.4 Å². The predicted octanol–water partition coefficient (Wildman–Crippen LogP) is 5.18. The zero-order chi connectivity index (χ0) is 24.0. The van der Waals surface area contributed by atoms with Crippen molar-refractivity contribution in [1.82, 2.24) is 14.9 Å². The lowest BCUT2D eigenvalue weighted by Gasteiger charge is -2.18. The van der Waals surface area contributed by atoms with Gasteiger partial charge in [0, 0.05) is 25.5 Å². The summed E-state index contributed by atoms with van der Waals surface area (Å²) in [6.07, 6.45) is 6.46. The van der Waals surface area contributed by atoms with E-state index in [2.05, 4.69) is 10.3 Å². The summed E-state index contributed by atoms with van der Waals surface area (Å²) in [7, 11) is 3.37. The number of hydrogen-bond acceptors (Lipinski definition) is 4. The summed E-state index contributed by atoms with van der Waals surface area (Å²) in [5.41, 5.74) is 1.39. The number of imidazole rings is 1. The molecule has 8 heteroatoms. The molecule has 1 aromatic heterocycles. The third-order valence-electron chi connectivity index (χ3n) is 4.85. The molecule has 6 nitrogen and oxygen atoms in total. The van der Waals surface area contributed by atoms with Gasteiger partial charge in [-0.15, -0.1) is 0 Å². The topological polar surface area (TPSA) is 65.4 Å². The number of halogens is 2. The molecule has 174 valence electrons. The molecule has 0 aliphatic heterocycles. The molecular weight excluding hydrogens is 445 g/mol. The largest absolute Gasteiger partial charge is 0.493 e. The van der Waals surface area contributed by atoms with Gasteiger partial charge < -0.3 is 19.4 Å². The van der Waals surface area contributed by atoms with Crippen LogP contribution in [0.2, 0.25) is 5.02 Å². The number of carbonyl (C=O) groups excluding carboxylic acids is 1. The molecule has 1 amide bonds. The summed E-state index contributed by atoms with van der Waals surface area (Å²) < 4.78 is 26.4. The molecule has 0 aliphatic rings. The van der Waals surface area contributed by atoms with Crippen LogP contribution in [0.25, 0.3) is 6.08 Å². The summed E-state index contributed by atoms with van der Waals surface area (Å²) in [5, 5.41) is 3.33. The Labute approximate surface area is 198 Å². The van der Waals surface area contributed by atoms with Crippen molar-refractivity contribution in [3.63, 3.8) is 0 Å². The molecular formula is C25H27ClFN3O3. The van der Waals surface area contributed by atoms with Crippen molar-refractivity contribution in [3.05, 3.63) is 82.7 Å². The molecule has 3 rings (SSSR count). The molecule has 0 saturated carbocycles. The van der Waals surface area contributed by atoms with Crippen LogP contribution in [-0.4, -0.2) is 29.2 Å². The Morgan fingerprint density at radius 2 is 2.00 bits per heavy atom. The van der Waals surface area contributed by atoms with E-state index in [1.807, 2.05) is 20.9 Å². The number of methoxy groups -OCH3 is 1. The quantitative estimate of drug-likeness (QED) is 0.437. The van der Waals surface area contributed by atoms with Crippen molar-refractivity contribution in [1.29, 1.82) is 0 Å². The van der Waals surface area contributed by atoms with Gasteiger partial charge in [-0.1, -0.05) is 37.6 Å². The Hall–Kier alpha value is -3.32. The fourth-order valence-corrected chi connectivity index (χ4v) is 3.47. The van der Waals surface area contributed by atoms with Gasteiger partial charge in [0.2, 0.25) is 5.91 Å². The van der Waals surface area contributed by atoms with Crippen LogP contribution in [0.1, 0.15) is 36.8 Å². The lowest BCUT2D eigenvalue weighted by atomic mass is 10.1. The zero-order valence-corrected chi connectivity index (χ0v) is 19.8. The summed E-state index contributed by atoms with van der Waals surface area (Å²) in [4.78, 5) is 17.1. The first-order valence-electron chi connectivity index (χ1n) is 10.5. The number of nitrogens with zero attached hydrogens (tertiary/aromatic N) is 2. The molecule has 1 heterocycles. The van der Waals surface area contributed by atoms with Crippen LogP contribution >= 0.6 is 11.6 Å². The molecule has 0 spiro atoms. The minimum absolute atomic E-state index is 0.335.